The molecule has 10 heteroatoms. The lowest BCUT2D eigenvalue weighted by atomic mass is 10.1. The van der Waals surface area contributed by atoms with Crippen molar-refractivity contribution >= 4 is 26.3 Å². The number of methoxy groups -OCH3 is 2. The van der Waals surface area contributed by atoms with Gasteiger partial charge in [0.15, 0.2) is 26.5 Å². The highest BCUT2D eigenvalue weighted by molar-refractivity contribution is 7.92. The van der Waals surface area contributed by atoms with E-state index in [-0.39, 0.29) is 12.8 Å². The zero-order valence-electron chi connectivity index (χ0n) is 17.5. The minimum Gasteiger partial charge on any atom is -0.493 e. The number of halogens is 2. The molecule has 0 bridgehead atoms. The summed E-state index contributed by atoms with van der Waals surface area (Å²) in [5.41, 5.74) is 1.65. The number of sulfone groups is 1. The molecule has 6 nitrogen and oxygen atoms in total. The summed E-state index contributed by atoms with van der Waals surface area (Å²) in [7, 11) is -0.959. The smallest absolute Gasteiger partial charge is 0.187 e. The summed E-state index contributed by atoms with van der Waals surface area (Å²) in [6, 6.07) is 8.64. The summed E-state index contributed by atoms with van der Waals surface area (Å²) in [5.74, 6) is -0.869. The molecular weight excluding hydrogens is 458 g/mol. The Morgan fingerprint density at radius 2 is 1.69 bits per heavy atom. The number of hydrogen-bond acceptors (Lipinski definition) is 7. The van der Waals surface area contributed by atoms with Crippen LogP contribution in [0.1, 0.15) is 12.8 Å². The Balaban J connectivity index is 1.48. The fourth-order valence-electron chi connectivity index (χ4n) is 3.82. The van der Waals surface area contributed by atoms with Crippen LogP contribution in [-0.4, -0.2) is 46.0 Å². The molecule has 2 heterocycles. The Kier molecular flexibility index (Phi) is 6.34. The summed E-state index contributed by atoms with van der Waals surface area (Å²) >= 11 is 1.46. The fraction of sp³-hybridized carbons (Fsp3) is 0.318. The van der Waals surface area contributed by atoms with Crippen LogP contribution in [0.4, 0.5) is 13.9 Å². The molecular formula is C22H22F2N2O4S2. The molecule has 0 radical (unpaired) electrons. The summed E-state index contributed by atoms with van der Waals surface area (Å²) in [5, 5.41) is 1.85. The predicted molar refractivity (Wildman–Crippen MR) is 119 cm³/mol. The third-order valence-electron chi connectivity index (χ3n) is 5.53. The van der Waals surface area contributed by atoms with Gasteiger partial charge in [0.25, 0.3) is 0 Å². The molecule has 0 atom stereocenters. The highest BCUT2D eigenvalue weighted by Gasteiger charge is 2.35. The molecule has 0 amide bonds. The van der Waals surface area contributed by atoms with Gasteiger partial charge in [-0.25, -0.2) is 22.2 Å². The maximum Gasteiger partial charge on any atom is 0.187 e. The molecule has 1 aromatic heterocycles. The van der Waals surface area contributed by atoms with Gasteiger partial charge < -0.3 is 14.4 Å². The lowest BCUT2D eigenvalue weighted by molar-refractivity contribution is 0.355. The van der Waals surface area contributed by atoms with Gasteiger partial charge in [-0.15, -0.1) is 11.3 Å². The maximum atomic E-state index is 14.1. The molecule has 2 aromatic carbocycles. The minimum absolute atomic E-state index is 0.265. The number of piperidine rings is 1. The highest BCUT2D eigenvalue weighted by Crippen LogP contribution is 2.36. The normalized spacial score (nSPS) is 15.1. The number of aromatic nitrogens is 1. The van der Waals surface area contributed by atoms with Crippen molar-refractivity contribution in [1.29, 1.82) is 0 Å². The van der Waals surface area contributed by atoms with E-state index in [1.54, 1.807) is 14.2 Å². The monoisotopic (exact) mass is 480 g/mol. The minimum atomic E-state index is -4.10. The van der Waals surface area contributed by atoms with Crippen LogP contribution in [0.25, 0.3) is 11.3 Å². The van der Waals surface area contributed by atoms with Gasteiger partial charge in [0.2, 0.25) is 0 Å². The van der Waals surface area contributed by atoms with Crippen molar-refractivity contribution in [2.45, 2.75) is 23.0 Å². The molecule has 1 saturated heterocycles. The highest BCUT2D eigenvalue weighted by atomic mass is 32.2. The van der Waals surface area contributed by atoms with Crippen molar-refractivity contribution in [3.05, 3.63) is 53.4 Å². The Morgan fingerprint density at radius 3 is 2.31 bits per heavy atom. The van der Waals surface area contributed by atoms with E-state index in [4.69, 9.17) is 9.47 Å². The number of ether oxygens (including phenoxy) is 2. The van der Waals surface area contributed by atoms with Gasteiger partial charge in [-0.1, -0.05) is 6.07 Å². The van der Waals surface area contributed by atoms with Crippen LogP contribution < -0.4 is 14.4 Å². The van der Waals surface area contributed by atoms with E-state index < -0.39 is 31.6 Å². The van der Waals surface area contributed by atoms with E-state index in [1.807, 2.05) is 28.5 Å². The SMILES string of the molecule is COc1ccc(-c2csc(N3CCC(S(=O)(=O)c4c(F)cccc4F)CC3)n2)cc1OC. The topological polar surface area (TPSA) is 68.7 Å². The predicted octanol–water partition coefficient (Wildman–Crippen LogP) is 4.55. The van der Waals surface area contributed by atoms with Crippen molar-refractivity contribution in [3.8, 4) is 22.8 Å². The average molecular weight is 481 g/mol. The molecule has 0 aliphatic carbocycles. The van der Waals surface area contributed by atoms with Crippen LogP contribution >= 0.6 is 11.3 Å². The molecule has 0 spiro atoms. The number of thiazole rings is 1. The van der Waals surface area contributed by atoms with Crippen LogP contribution in [-0.2, 0) is 9.84 Å². The third-order valence-corrected chi connectivity index (χ3v) is 8.74. The lowest BCUT2D eigenvalue weighted by Crippen LogP contribution is -2.39. The first-order valence-electron chi connectivity index (χ1n) is 9.96. The van der Waals surface area contributed by atoms with Crippen LogP contribution in [0.5, 0.6) is 11.5 Å². The first kappa shape index (κ1) is 22.5. The van der Waals surface area contributed by atoms with Crippen molar-refractivity contribution in [3.63, 3.8) is 0 Å². The number of rotatable bonds is 6. The van der Waals surface area contributed by atoms with E-state index in [1.165, 1.54) is 11.3 Å². The van der Waals surface area contributed by atoms with Crippen LogP contribution in [0.3, 0.4) is 0 Å². The standard InChI is InChI=1S/C22H22F2N2O4S2/c1-29-19-7-6-14(12-20(19)30-2)18-13-31-22(25-18)26-10-8-15(9-11-26)32(27,28)21-16(23)4-3-5-17(21)24/h3-7,12-13,15H,8-11H2,1-2H3. The number of anilines is 1. The molecule has 4 rings (SSSR count). The van der Waals surface area contributed by atoms with Crippen LogP contribution in [0.2, 0.25) is 0 Å². The zero-order chi connectivity index (χ0) is 22.9. The van der Waals surface area contributed by atoms with Gasteiger partial charge in [-0.05, 0) is 43.2 Å². The zero-order valence-corrected chi connectivity index (χ0v) is 19.2. The molecule has 1 aliphatic heterocycles. The number of benzene rings is 2. The van der Waals surface area contributed by atoms with Crippen molar-refractivity contribution in [1.82, 2.24) is 4.98 Å². The Labute approximate surface area is 189 Å². The second kappa shape index (κ2) is 9.03. The van der Waals surface area contributed by atoms with Crippen molar-refractivity contribution in [2.75, 3.05) is 32.2 Å². The maximum absolute atomic E-state index is 14.1. The average Bonchev–Trinajstić information content (AvgIpc) is 3.29. The van der Waals surface area contributed by atoms with E-state index in [2.05, 4.69) is 4.98 Å². The molecule has 3 aromatic rings. The molecule has 170 valence electrons. The summed E-state index contributed by atoms with van der Waals surface area (Å²) < 4.78 is 64.4. The van der Waals surface area contributed by atoms with E-state index in [9.17, 15) is 17.2 Å². The Hall–Kier alpha value is -2.72. The lowest BCUT2D eigenvalue weighted by Gasteiger charge is -2.31. The van der Waals surface area contributed by atoms with E-state index in [0.717, 1.165) is 34.6 Å². The second-order valence-electron chi connectivity index (χ2n) is 7.37. The molecule has 0 unspecified atom stereocenters. The summed E-state index contributed by atoms with van der Waals surface area (Å²) in [6.45, 7) is 0.859. The Morgan fingerprint density at radius 1 is 1.03 bits per heavy atom. The Bertz CT molecular complexity index is 1200. The molecule has 0 N–H and O–H groups in total. The van der Waals surface area contributed by atoms with E-state index in [0.29, 0.717) is 24.6 Å². The van der Waals surface area contributed by atoms with Gasteiger partial charge in [-0.3, -0.25) is 0 Å². The van der Waals surface area contributed by atoms with E-state index >= 15 is 0 Å². The van der Waals surface area contributed by atoms with Crippen molar-refractivity contribution in [2.24, 2.45) is 0 Å². The fourth-order valence-corrected chi connectivity index (χ4v) is 6.55. The molecule has 1 aliphatic rings. The summed E-state index contributed by atoms with van der Waals surface area (Å²) in [6.07, 6.45) is 0.531. The van der Waals surface area contributed by atoms with Gasteiger partial charge in [0, 0.05) is 24.0 Å². The first-order chi connectivity index (χ1) is 15.3. The van der Waals surface area contributed by atoms with Crippen molar-refractivity contribution < 1.29 is 26.7 Å². The van der Waals surface area contributed by atoms with Crippen LogP contribution in [0.15, 0.2) is 46.7 Å². The largest absolute Gasteiger partial charge is 0.493 e. The molecule has 32 heavy (non-hydrogen) atoms. The van der Waals surface area contributed by atoms with Crippen LogP contribution in [0, 0.1) is 11.6 Å². The van der Waals surface area contributed by atoms with Gasteiger partial charge in [-0.2, -0.15) is 0 Å². The van der Waals surface area contributed by atoms with Gasteiger partial charge in [0.05, 0.1) is 25.2 Å². The second-order valence-corrected chi connectivity index (χ2v) is 10.4. The molecule has 1 fully saturated rings. The van der Waals surface area contributed by atoms with Gasteiger partial charge in [0.1, 0.15) is 16.5 Å². The third kappa shape index (κ3) is 4.16. The summed E-state index contributed by atoms with van der Waals surface area (Å²) in [4.78, 5) is 5.86. The number of hydrogen-bond donors (Lipinski definition) is 0. The first-order valence-corrected chi connectivity index (χ1v) is 12.4. The quantitative estimate of drug-likeness (QED) is 0.516. The van der Waals surface area contributed by atoms with Gasteiger partial charge >= 0.3 is 0 Å². The molecule has 0 saturated carbocycles. The number of nitrogens with zero attached hydrogens (tertiary/aromatic N) is 2.